The number of hydrogen-bond donors (Lipinski definition) is 2. The Morgan fingerprint density at radius 1 is 1.29 bits per heavy atom. The summed E-state index contributed by atoms with van der Waals surface area (Å²) in [5.74, 6) is 0.624. The number of benzene rings is 1. The van der Waals surface area contributed by atoms with Crippen molar-refractivity contribution in [2.24, 2.45) is 11.7 Å². The molecule has 0 aromatic heterocycles. The highest BCUT2D eigenvalue weighted by atomic mass is 79.9. The van der Waals surface area contributed by atoms with E-state index < -0.39 is 0 Å². The summed E-state index contributed by atoms with van der Waals surface area (Å²) in [6.07, 6.45) is 2.45. The average Bonchev–Trinajstić information content (AvgIpc) is 2.93. The van der Waals surface area contributed by atoms with E-state index in [9.17, 15) is 0 Å². The summed E-state index contributed by atoms with van der Waals surface area (Å²) in [5, 5.41) is 0. The van der Waals surface area contributed by atoms with Gasteiger partial charge in [-0.15, -0.1) is 0 Å². The zero-order valence-corrected chi connectivity index (χ0v) is 10.8. The summed E-state index contributed by atoms with van der Waals surface area (Å²) in [4.78, 5) is 0. The lowest BCUT2D eigenvalue weighted by molar-refractivity contribution is 0.635. The molecular weight excluding hydrogens is 308 g/mol. The van der Waals surface area contributed by atoms with Crippen molar-refractivity contribution in [2.45, 2.75) is 18.9 Å². The van der Waals surface area contributed by atoms with E-state index in [1.54, 1.807) is 0 Å². The monoisotopic (exact) mass is 318 g/mol. The highest BCUT2D eigenvalue weighted by Crippen LogP contribution is 2.43. The fourth-order valence-corrected chi connectivity index (χ4v) is 2.85. The van der Waals surface area contributed by atoms with Crippen molar-refractivity contribution in [1.82, 2.24) is 0 Å². The molecule has 4 N–H and O–H groups in total. The molecule has 1 aromatic carbocycles. The fraction of sp³-hybridized carbons (Fsp3) is 0.400. The first kappa shape index (κ1) is 10.5. The minimum Gasteiger partial charge on any atom is -0.398 e. The van der Waals surface area contributed by atoms with E-state index in [1.165, 1.54) is 12.8 Å². The van der Waals surface area contributed by atoms with Crippen molar-refractivity contribution in [3.05, 3.63) is 26.6 Å². The van der Waals surface area contributed by atoms with E-state index in [-0.39, 0.29) is 6.04 Å². The van der Waals surface area contributed by atoms with Crippen LogP contribution in [0.25, 0.3) is 0 Å². The first-order chi connectivity index (χ1) is 6.59. The number of nitrogens with two attached hydrogens (primary N) is 2. The maximum absolute atomic E-state index is 6.12. The molecule has 0 amide bonds. The summed E-state index contributed by atoms with van der Waals surface area (Å²) in [7, 11) is 0. The van der Waals surface area contributed by atoms with Crippen LogP contribution in [-0.4, -0.2) is 0 Å². The maximum Gasteiger partial charge on any atom is 0.0507 e. The third-order valence-corrected chi connectivity index (χ3v) is 3.73. The van der Waals surface area contributed by atoms with Gasteiger partial charge < -0.3 is 11.5 Å². The smallest absolute Gasteiger partial charge is 0.0507 e. The van der Waals surface area contributed by atoms with Gasteiger partial charge in [0, 0.05) is 15.0 Å². The Morgan fingerprint density at radius 3 is 2.50 bits per heavy atom. The van der Waals surface area contributed by atoms with Crippen molar-refractivity contribution in [3.63, 3.8) is 0 Å². The van der Waals surface area contributed by atoms with Gasteiger partial charge in [-0.2, -0.15) is 0 Å². The third-order valence-electron chi connectivity index (χ3n) is 2.62. The van der Waals surface area contributed by atoms with Gasteiger partial charge in [0.15, 0.2) is 0 Å². The molecule has 4 heteroatoms. The number of hydrogen-bond acceptors (Lipinski definition) is 2. The molecule has 1 atom stereocenters. The minimum absolute atomic E-state index is 0.0869. The molecule has 0 spiro atoms. The van der Waals surface area contributed by atoms with Gasteiger partial charge in [0.2, 0.25) is 0 Å². The summed E-state index contributed by atoms with van der Waals surface area (Å²) in [6, 6.07) is 4.05. The summed E-state index contributed by atoms with van der Waals surface area (Å²) < 4.78 is 1.93. The molecule has 1 aliphatic rings. The van der Waals surface area contributed by atoms with E-state index in [0.717, 1.165) is 20.2 Å². The molecule has 2 rings (SSSR count). The zero-order valence-electron chi connectivity index (χ0n) is 7.63. The van der Waals surface area contributed by atoms with Gasteiger partial charge in [0.1, 0.15) is 0 Å². The highest BCUT2D eigenvalue weighted by molar-refractivity contribution is 9.11. The molecule has 1 aromatic rings. The first-order valence-electron chi connectivity index (χ1n) is 4.59. The van der Waals surface area contributed by atoms with Gasteiger partial charge in [0.25, 0.3) is 0 Å². The quantitative estimate of drug-likeness (QED) is 0.822. The number of halogens is 2. The topological polar surface area (TPSA) is 52.0 Å². The molecule has 0 heterocycles. The number of anilines is 1. The maximum atomic E-state index is 6.12. The Morgan fingerprint density at radius 2 is 1.93 bits per heavy atom. The van der Waals surface area contributed by atoms with Gasteiger partial charge in [-0.25, -0.2) is 0 Å². The number of nitrogen functional groups attached to an aromatic ring is 1. The number of rotatable bonds is 2. The van der Waals surface area contributed by atoms with Crippen molar-refractivity contribution < 1.29 is 0 Å². The molecule has 76 valence electrons. The van der Waals surface area contributed by atoms with E-state index >= 15 is 0 Å². The van der Waals surface area contributed by atoms with Gasteiger partial charge in [-0.05, 0) is 52.4 Å². The minimum atomic E-state index is 0.0869. The van der Waals surface area contributed by atoms with E-state index in [0.29, 0.717) is 5.92 Å². The zero-order chi connectivity index (χ0) is 10.3. The lowest BCUT2D eigenvalue weighted by Crippen LogP contribution is -2.14. The van der Waals surface area contributed by atoms with Crippen LogP contribution in [0, 0.1) is 5.92 Å². The van der Waals surface area contributed by atoms with E-state index in [2.05, 4.69) is 31.9 Å². The Hall–Kier alpha value is -0.0600. The molecule has 2 nitrogen and oxygen atoms in total. The van der Waals surface area contributed by atoms with Crippen LogP contribution < -0.4 is 11.5 Å². The molecule has 0 saturated heterocycles. The Balaban J connectivity index is 2.39. The van der Waals surface area contributed by atoms with Crippen molar-refractivity contribution in [3.8, 4) is 0 Å². The van der Waals surface area contributed by atoms with Crippen LogP contribution in [0.2, 0.25) is 0 Å². The fourth-order valence-electron chi connectivity index (χ4n) is 1.59. The highest BCUT2D eigenvalue weighted by Gasteiger charge is 2.31. The Labute approximate surface area is 100 Å². The summed E-state index contributed by atoms with van der Waals surface area (Å²) in [6.45, 7) is 0. The normalized spacial score (nSPS) is 18.2. The lowest BCUT2D eigenvalue weighted by Gasteiger charge is -2.15. The van der Waals surface area contributed by atoms with Crippen molar-refractivity contribution in [1.29, 1.82) is 0 Å². The molecule has 0 bridgehead atoms. The Kier molecular flexibility index (Phi) is 2.86. The molecule has 1 fully saturated rings. The van der Waals surface area contributed by atoms with Gasteiger partial charge in [-0.1, -0.05) is 15.9 Å². The van der Waals surface area contributed by atoms with Crippen LogP contribution >= 0.6 is 31.9 Å². The van der Waals surface area contributed by atoms with Crippen molar-refractivity contribution in [2.75, 3.05) is 5.73 Å². The standard InChI is InChI=1S/C10H12Br2N2/c11-6-3-7(9(13)5-1-2-5)10(14)8(12)4-6/h3-5,9H,1-2,13-14H2/t9-/m1/s1. The molecule has 0 unspecified atom stereocenters. The lowest BCUT2D eigenvalue weighted by atomic mass is 10.0. The second-order valence-electron chi connectivity index (χ2n) is 3.75. The van der Waals surface area contributed by atoms with E-state index in [4.69, 9.17) is 11.5 Å². The second kappa shape index (κ2) is 3.83. The van der Waals surface area contributed by atoms with Crippen LogP contribution in [0.5, 0.6) is 0 Å². The van der Waals surface area contributed by atoms with Crippen molar-refractivity contribution >= 4 is 37.5 Å². The van der Waals surface area contributed by atoms with Gasteiger partial charge in [-0.3, -0.25) is 0 Å². The summed E-state index contributed by atoms with van der Waals surface area (Å²) >= 11 is 6.87. The molecular formula is C10H12Br2N2. The largest absolute Gasteiger partial charge is 0.398 e. The van der Waals surface area contributed by atoms with Crippen LogP contribution in [0.1, 0.15) is 24.4 Å². The summed E-state index contributed by atoms with van der Waals surface area (Å²) in [5.41, 5.74) is 13.9. The molecule has 0 aliphatic heterocycles. The van der Waals surface area contributed by atoms with Crippen LogP contribution in [-0.2, 0) is 0 Å². The molecule has 1 saturated carbocycles. The van der Waals surface area contributed by atoms with Crippen LogP contribution in [0.4, 0.5) is 5.69 Å². The predicted octanol–water partition coefficient (Wildman–Crippen LogP) is 3.20. The Bertz CT molecular complexity index is 361. The molecule has 14 heavy (non-hydrogen) atoms. The van der Waals surface area contributed by atoms with E-state index in [1.807, 2.05) is 12.1 Å². The molecule has 1 aliphatic carbocycles. The third kappa shape index (κ3) is 1.97. The average molecular weight is 320 g/mol. The predicted molar refractivity (Wildman–Crippen MR) is 65.9 cm³/mol. The van der Waals surface area contributed by atoms with Gasteiger partial charge in [0.05, 0.1) is 5.69 Å². The second-order valence-corrected chi connectivity index (χ2v) is 5.52. The molecule has 0 radical (unpaired) electrons. The van der Waals surface area contributed by atoms with Crippen LogP contribution in [0.3, 0.4) is 0 Å². The van der Waals surface area contributed by atoms with Crippen LogP contribution in [0.15, 0.2) is 21.1 Å². The van der Waals surface area contributed by atoms with Gasteiger partial charge >= 0.3 is 0 Å². The first-order valence-corrected chi connectivity index (χ1v) is 6.18. The SMILES string of the molecule is Nc1c(Br)cc(Br)cc1[C@H](N)C1CC1.